The Morgan fingerprint density at radius 1 is 0.838 bits per heavy atom. The van der Waals surface area contributed by atoms with Gasteiger partial charge in [0.05, 0.1) is 10.6 Å². The molecule has 184 valence electrons. The molecule has 1 heterocycles. The molecule has 0 aromatic heterocycles. The van der Waals surface area contributed by atoms with Gasteiger partial charge in [0, 0.05) is 30.8 Å². The van der Waals surface area contributed by atoms with Gasteiger partial charge in [0.2, 0.25) is 0 Å². The molecule has 4 aromatic carbocycles. The fourth-order valence-electron chi connectivity index (χ4n) is 4.63. The number of non-ortho nitro benzene ring substituents is 1. The first-order valence-corrected chi connectivity index (χ1v) is 11.9. The number of carbonyl (C=O) groups excluding carboxylic acids is 1. The Bertz CT molecular complexity index is 1360. The van der Waals surface area contributed by atoms with Crippen molar-refractivity contribution in [3.63, 3.8) is 0 Å². The van der Waals surface area contributed by atoms with Gasteiger partial charge >= 0.3 is 0 Å². The van der Waals surface area contributed by atoms with Crippen LogP contribution in [0.3, 0.4) is 0 Å². The lowest BCUT2D eigenvalue weighted by molar-refractivity contribution is -0.384. The second-order valence-electron chi connectivity index (χ2n) is 8.81. The summed E-state index contributed by atoms with van der Waals surface area (Å²) in [6.07, 6.45) is 0.242. The molecule has 2 unspecified atom stereocenters. The lowest BCUT2D eigenvalue weighted by Gasteiger charge is -2.36. The van der Waals surface area contributed by atoms with Crippen LogP contribution < -0.4 is 5.01 Å². The maximum atomic E-state index is 12.0. The average Bonchev–Trinajstić information content (AvgIpc) is 3.39. The molecule has 8 nitrogen and oxygen atoms in total. The molecule has 0 saturated heterocycles. The van der Waals surface area contributed by atoms with E-state index in [0.717, 1.165) is 16.7 Å². The molecule has 37 heavy (non-hydrogen) atoms. The number of benzene rings is 4. The lowest BCUT2D eigenvalue weighted by atomic mass is 10.0. The van der Waals surface area contributed by atoms with Crippen molar-refractivity contribution < 1.29 is 9.72 Å². The van der Waals surface area contributed by atoms with E-state index >= 15 is 0 Å². The highest BCUT2D eigenvalue weighted by Crippen LogP contribution is 2.39. The van der Waals surface area contributed by atoms with E-state index < -0.39 is 4.92 Å². The van der Waals surface area contributed by atoms with Crippen LogP contribution in [-0.2, 0) is 13.1 Å². The molecule has 2 atom stereocenters. The van der Waals surface area contributed by atoms with E-state index in [9.17, 15) is 14.9 Å². The first-order chi connectivity index (χ1) is 18.1. The standard InChI is InChI=1S/C29H25N5O3/c35-21-25-18-26(34(36)37)16-17-27(25)33-29(28(30-31-33)24-14-8-3-9-15-24)32(19-22-10-4-1-5-11-22)20-23-12-6-2-7-13-23/h1-18,21,28-29H,19-20H2. The molecule has 5 rings (SSSR count). The van der Waals surface area contributed by atoms with E-state index in [0.29, 0.717) is 25.1 Å². The molecule has 1 aliphatic rings. The second-order valence-corrected chi connectivity index (χ2v) is 8.81. The number of aldehydes is 1. The molecule has 8 heteroatoms. The Labute approximate surface area is 214 Å². The number of rotatable bonds is 9. The van der Waals surface area contributed by atoms with Gasteiger partial charge in [0.15, 0.2) is 6.29 Å². The van der Waals surface area contributed by atoms with Crippen LogP contribution in [0.15, 0.2) is 120 Å². The van der Waals surface area contributed by atoms with E-state index in [4.69, 9.17) is 0 Å². The molecule has 0 bridgehead atoms. The normalized spacial score (nSPS) is 16.7. The number of nitro benzene ring substituents is 1. The molecule has 1 aliphatic heterocycles. The molecule has 0 amide bonds. The Morgan fingerprint density at radius 3 is 1.95 bits per heavy atom. The van der Waals surface area contributed by atoms with Gasteiger partial charge in [-0.05, 0) is 22.8 Å². The van der Waals surface area contributed by atoms with Gasteiger partial charge in [-0.2, -0.15) is 5.11 Å². The van der Waals surface area contributed by atoms with E-state index in [2.05, 4.69) is 39.5 Å². The number of carbonyl (C=O) groups is 1. The minimum Gasteiger partial charge on any atom is -0.298 e. The van der Waals surface area contributed by atoms with Crippen molar-refractivity contribution in [1.29, 1.82) is 0 Å². The monoisotopic (exact) mass is 491 g/mol. The summed E-state index contributed by atoms with van der Waals surface area (Å²) in [6, 6.07) is 34.1. The first-order valence-electron chi connectivity index (χ1n) is 11.9. The zero-order valence-electron chi connectivity index (χ0n) is 20.0. The summed E-state index contributed by atoms with van der Waals surface area (Å²) < 4.78 is 0. The van der Waals surface area contributed by atoms with Crippen molar-refractivity contribution in [2.24, 2.45) is 10.3 Å². The smallest absolute Gasteiger partial charge is 0.270 e. The van der Waals surface area contributed by atoms with Crippen molar-refractivity contribution in [2.75, 3.05) is 5.01 Å². The highest BCUT2D eigenvalue weighted by atomic mass is 16.6. The number of nitro groups is 1. The molecule has 4 aromatic rings. The summed E-state index contributed by atoms with van der Waals surface area (Å²) in [7, 11) is 0. The molecule has 0 spiro atoms. The zero-order chi connectivity index (χ0) is 25.6. The van der Waals surface area contributed by atoms with E-state index in [1.165, 1.54) is 12.1 Å². The van der Waals surface area contributed by atoms with Gasteiger partial charge in [-0.25, -0.2) is 5.01 Å². The largest absolute Gasteiger partial charge is 0.298 e. The van der Waals surface area contributed by atoms with Crippen LogP contribution >= 0.6 is 0 Å². The van der Waals surface area contributed by atoms with Crippen molar-refractivity contribution in [1.82, 2.24) is 4.90 Å². The topological polar surface area (TPSA) is 91.4 Å². The summed E-state index contributed by atoms with van der Waals surface area (Å²) in [6.45, 7) is 1.21. The molecular formula is C29H25N5O3. The van der Waals surface area contributed by atoms with Crippen molar-refractivity contribution in [2.45, 2.75) is 25.3 Å². The SMILES string of the molecule is O=Cc1cc([N+](=O)[O-])ccc1N1N=NC(c2ccccc2)C1N(Cc1ccccc1)Cc1ccccc1. The number of hydrogen-bond acceptors (Lipinski definition) is 7. The summed E-state index contributed by atoms with van der Waals surface area (Å²) in [5.41, 5.74) is 3.74. The number of nitrogens with zero attached hydrogens (tertiary/aromatic N) is 5. The first kappa shape index (κ1) is 24.0. The van der Waals surface area contributed by atoms with E-state index in [-0.39, 0.29) is 23.5 Å². The second kappa shape index (κ2) is 10.9. The Balaban J connectivity index is 1.61. The quantitative estimate of drug-likeness (QED) is 0.154. The summed E-state index contributed by atoms with van der Waals surface area (Å²) in [5.74, 6) is 0. The fraction of sp³-hybridized carbons (Fsp3) is 0.138. The molecular weight excluding hydrogens is 466 g/mol. The Kier molecular flexibility index (Phi) is 7.09. The van der Waals surface area contributed by atoms with Crippen LogP contribution in [-0.4, -0.2) is 22.3 Å². The van der Waals surface area contributed by atoms with Crippen molar-refractivity contribution in [3.05, 3.63) is 142 Å². The van der Waals surface area contributed by atoms with Crippen LogP contribution in [0.4, 0.5) is 11.4 Å². The number of anilines is 1. The lowest BCUT2D eigenvalue weighted by Crippen LogP contribution is -2.46. The zero-order valence-corrected chi connectivity index (χ0v) is 20.0. The van der Waals surface area contributed by atoms with E-state index in [1.54, 1.807) is 11.1 Å². The molecule has 0 radical (unpaired) electrons. The van der Waals surface area contributed by atoms with E-state index in [1.807, 2.05) is 66.7 Å². The van der Waals surface area contributed by atoms with Crippen LogP contribution in [0, 0.1) is 10.1 Å². The van der Waals surface area contributed by atoms with Gasteiger partial charge in [0.1, 0.15) is 12.2 Å². The summed E-state index contributed by atoms with van der Waals surface area (Å²) in [4.78, 5) is 25.1. The fourth-order valence-corrected chi connectivity index (χ4v) is 4.63. The summed E-state index contributed by atoms with van der Waals surface area (Å²) >= 11 is 0. The Morgan fingerprint density at radius 2 is 1.41 bits per heavy atom. The van der Waals surface area contributed by atoms with Crippen molar-refractivity contribution >= 4 is 17.7 Å². The van der Waals surface area contributed by atoms with Gasteiger partial charge in [-0.3, -0.25) is 19.8 Å². The maximum absolute atomic E-state index is 12.0. The third kappa shape index (κ3) is 5.29. The maximum Gasteiger partial charge on any atom is 0.270 e. The van der Waals surface area contributed by atoms with Gasteiger partial charge in [-0.1, -0.05) is 96.2 Å². The van der Waals surface area contributed by atoms with Crippen LogP contribution in [0.25, 0.3) is 0 Å². The van der Waals surface area contributed by atoms with Crippen LogP contribution in [0.1, 0.15) is 33.1 Å². The molecule has 0 N–H and O–H groups in total. The minimum absolute atomic E-state index is 0.149. The average molecular weight is 492 g/mol. The van der Waals surface area contributed by atoms with Crippen molar-refractivity contribution in [3.8, 4) is 0 Å². The molecule has 0 fully saturated rings. The minimum atomic E-state index is -0.510. The van der Waals surface area contributed by atoms with Gasteiger partial charge < -0.3 is 0 Å². The van der Waals surface area contributed by atoms with Gasteiger partial charge in [0.25, 0.3) is 5.69 Å². The summed E-state index contributed by atoms with van der Waals surface area (Å²) in [5, 5.41) is 22.2. The van der Waals surface area contributed by atoms with Gasteiger partial charge in [-0.15, -0.1) is 0 Å². The van der Waals surface area contributed by atoms with Crippen LogP contribution in [0.5, 0.6) is 0 Å². The third-order valence-electron chi connectivity index (χ3n) is 6.37. The highest BCUT2D eigenvalue weighted by molar-refractivity contribution is 5.86. The Hall–Kier alpha value is -4.69. The molecule has 0 aliphatic carbocycles. The molecule has 0 saturated carbocycles. The third-order valence-corrected chi connectivity index (χ3v) is 6.37. The predicted molar refractivity (Wildman–Crippen MR) is 141 cm³/mol. The highest BCUT2D eigenvalue weighted by Gasteiger charge is 2.40. The van der Waals surface area contributed by atoms with Crippen LogP contribution in [0.2, 0.25) is 0 Å². The predicted octanol–water partition coefficient (Wildman–Crippen LogP) is 6.36. The number of hydrogen-bond donors (Lipinski definition) is 0.